The standard InChI is InChI=1S/C14H19NS/c1-10-7-8-16-14(10)6-5-13-12-4-2-3-11(12)9-15-13/h5-8,11-13,15H,2-4,9H2,1H3/b6-5+. The van der Waals surface area contributed by atoms with Gasteiger partial charge in [0, 0.05) is 10.9 Å². The summed E-state index contributed by atoms with van der Waals surface area (Å²) in [7, 11) is 0. The zero-order valence-corrected chi connectivity index (χ0v) is 10.6. The van der Waals surface area contributed by atoms with Crippen molar-refractivity contribution >= 4 is 17.4 Å². The number of aryl methyl sites for hydroxylation is 1. The smallest absolute Gasteiger partial charge is 0.0296 e. The summed E-state index contributed by atoms with van der Waals surface area (Å²) in [5.74, 6) is 1.87. The predicted octanol–water partition coefficient (Wildman–Crippen LogP) is 3.46. The van der Waals surface area contributed by atoms with Gasteiger partial charge in [-0.25, -0.2) is 0 Å². The van der Waals surface area contributed by atoms with Crippen LogP contribution in [-0.4, -0.2) is 12.6 Å². The van der Waals surface area contributed by atoms with Crippen molar-refractivity contribution in [2.75, 3.05) is 6.54 Å². The third-order valence-electron chi connectivity index (χ3n) is 4.15. The van der Waals surface area contributed by atoms with Crippen molar-refractivity contribution in [3.8, 4) is 0 Å². The monoisotopic (exact) mass is 233 g/mol. The van der Waals surface area contributed by atoms with E-state index in [0.29, 0.717) is 6.04 Å². The van der Waals surface area contributed by atoms with E-state index in [-0.39, 0.29) is 0 Å². The normalized spacial score (nSPS) is 33.7. The highest BCUT2D eigenvalue weighted by molar-refractivity contribution is 7.11. The summed E-state index contributed by atoms with van der Waals surface area (Å²) >= 11 is 1.84. The van der Waals surface area contributed by atoms with Crippen LogP contribution < -0.4 is 5.32 Å². The Kier molecular flexibility index (Phi) is 2.86. The quantitative estimate of drug-likeness (QED) is 0.825. The van der Waals surface area contributed by atoms with Crippen LogP contribution >= 0.6 is 11.3 Å². The van der Waals surface area contributed by atoms with Crippen molar-refractivity contribution in [1.82, 2.24) is 5.32 Å². The summed E-state index contributed by atoms with van der Waals surface area (Å²) in [5, 5.41) is 5.83. The Morgan fingerprint density at radius 3 is 3.19 bits per heavy atom. The number of thiophene rings is 1. The minimum atomic E-state index is 0.633. The first-order chi connectivity index (χ1) is 7.84. The Balaban J connectivity index is 1.71. The fourth-order valence-corrected chi connectivity index (χ4v) is 4.02. The number of hydrogen-bond acceptors (Lipinski definition) is 2. The van der Waals surface area contributed by atoms with E-state index in [2.05, 4.69) is 35.8 Å². The highest BCUT2D eigenvalue weighted by Crippen LogP contribution is 2.38. The average molecular weight is 233 g/mol. The molecule has 2 heteroatoms. The zero-order valence-electron chi connectivity index (χ0n) is 9.78. The van der Waals surface area contributed by atoms with Gasteiger partial charge in [0.15, 0.2) is 0 Å². The van der Waals surface area contributed by atoms with Gasteiger partial charge in [-0.15, -0.1) is 11.3 Å². The first kappa shape index (κ1) is 10.5. The average Bonchev–Trinajstić information content (AvgIpc) is 2.92. The third-order valence-corrected chi connectivity index (χ3v) is 5.14. The van der Waals surface area contributed by atoms with Crippen LogP contribution in [0.15, 0.2) is 17.5 Å². The van der Waals surface area contributed by atoms with Crippen molar-refractivity contribution in [1.29, 1.82) is 0 Å². The van der Waals surface area contributed by atoms with E-state index < -0.39 is 0 Å². The van der Waals surface area contributed by atoms with Crippen LogP contribution in [0.25, 0.3) is 6.08 Å². The van der Waals surface area contributed by atoms with Crippen molar-refractivity contribution in [2.24, 2.45) is 11.8 Å². The number of nitrogens with one attached hydrogen (secondary N) is 1. The first-order valence-electron chi connectivity index (χ1n) is 6.30. The van der Waals surface area contributed by atoms with Gasteiger partial charge in [0.1, 0.15) is 0 Å². The molecule has 16 heavy (non-hydrogen) atoms. The molecule has 1 aliphatic heterocycles. The molecule has 3 rings (SSSR count). The molecule has 0 bridgehead atoms. The van der Waals surface area contributed by atoms with Gasteiger partial charge in [-0.05, 0) is 61.2 Å². The molecule has 2 heterocycles. The van der Waals surface area contributed by atoms with E-state index in [4.69, 9.17) is 0 Å². The van der Waals surface area contributed by atoms with Gasteiger partial charge < -0.3 is 5.32 Å². The summed E-state index contributed by atoms with van der Waals surface area (Å²) in [6, 6.07) is 2.83. The highest BCUT2D eigenvalue weighted by Gasteiger charge is 2.37. The lowest BCUT2D eigenvalue weighted by molar-refractivity contribution is 0.456. The third kappa shape index (κ3) is 1.85. The molecule has 0 radical (unpaired) electrons. The second-order valence-electron chi connectivity index (χ2n) is 5.12. The molecule has 3 atom stereocenters. The van der Waals surface area contributed by atoms with Gasteiger partial charge in [-0.1, -0.05) is 12.5 Å². The Hall–Kier alpha value is -0.600. The summed E-state index contributed by atoms with van der Waals surface area (Å²) in [5.41, 5.74) is 1.40. The molecule has 1 N–H and O–H groups in total. The topological polar surface area (TPSA) is 12.0 Å². The molecule has 1 aromatic rings. The summed E-state index contributed by atoms with van der Waals surface area (Å²) in [6.07, 6.45) is 9.03. The van der Waals surface area contributed by atoms with Gasteiger partial charge in [0.05, 0.1) is 0 Å². The van der Waals surface area contributed by atoms with E-state index in [0.717, 1.165) is 11.8 Å². The number of rotatable bonds is 2. The molecule has 3 unspecified atom stereocenters. The second-order valence-corrected chi connectivity index (χ2v) is 6.06. The van der Waals surface area contributed by atoms with Gasteiger partial charge in [0.25, 0.3) is 0 Å². The van der Waals surface area contributed by atoms with E-state index in [1.165, 1.54) is 36.2 Å². The van der Waals surface area contributed by atoms with Crippen LogP contribution in [0, 0.1) is 18.8 Å². The molecule has 1 saturated heterocycles. The predicted molar refractivity (Wildman–Crippen MR) is 70.7 cm³/mol. The molecule has 0 amide bonds. The summed E-state index contributed by atoms with van der Waals surface area (Å²) in [6.45, 7) is 3.43. The maximum atomic E-state index is 3.66. The lowest BCUT2D eigenvalue weighted by Crippen LogP contribution is -2.23. The van der Waals surface area contributed by atoms with Crippen molar-refractivity contribution in [2.45, 2.75) is 32.2 Å². The van der Waals surface area contributed by atoms with Gasteiger partial charge in [-0.2, -0.15) is 0 Å². The zero-order chi connectivity index (χ0) is 11.0. The molecule has 2 aliphatic rings. The number of hydrogen-bond donors (Lipinski definition) is 1. The van der Waals surface area contributed by atoms with Crippen molar-refractivity contribution in [3.63, 3.8) is 0 Å². The minimum absolute atomic E-state index is 0.633. The van der Waals surface area contributed by atoms with Crippen LogP contribution in [0.3, 0.4) is 0 Å². The van der Waals surface area contributed by atoms with Gasteiger partial charge >= 0.3 is 0 Å². The Labute approximate surface area is 102 Å². The van der Waals surface area contributed by atoms with Crippen LogP contribution in [0.4, 0.5) is 0 Å². The van der Waals surface area contributed by atoms with Gasteiger partial charge in [0.2, 0.25) is 0 Å². The lowest BCUT2D eigenvalue weighted by atomic mass is 9.94. The van der Waals surface area contributed by atoms with Gasteiger partial charge in [-0.3, -0.25) is 0 Å². The first-order valence-corrected chi connectivity index (χ1v) is 7.18. The molecule has 2 fully saturated rings. The van der Waals surface area contributed by atoms with Crippen molar-refractivity contribution < 1.29 is 0 Å². The van der Waals surface area contributed by atoms with Crippen LogP contribution in [0.5, 0.6) is 0 Å². The number of fused-ring (bicyclic) bond motifs is 1. The largest absolute Gasteiger partial charge is 0.310 e. The van der Waals surface area contributed by atoms with E-state index in [1.807, 2.05) is 11.3 Å². The van der Waals surface area contributed by atoms with E-state index >= 15 is 0 Å². The molecule has 1 saturated carbocycles. The fourth-order valence-electron chi connectivity index (χ4n) is 3.19. The Bertz CT molecular complexity index is 393. The molecule has 1 aromatic heterocycles. The molecular formula is C14H19NS. The minimum Gasteiger partial charge on any atom is -0.310 e. The maximum Gasteiger partial charge on any atom is 0.0296 e. The van der Waals surface area contributed by atoms with Crippen LogP contribution in [0.2, 0.25) is 0 Å². The Morgan fingerprint density at radius 1 is 1.44 bits per heavy atom. The van der Waals surface area contributed by atoms with Crippen LogP contribution in [-0.2, 0) is 0 Å². The molecule has 1 nitrogen and oxygen atoms in total. The Morgan fingerprint density at radius 2 is 2.38 bits per heavy atom. The van der Waals surface area contributed by atoms with Crippen molar-refractivity contribution in [3.05, 3.63) is 28.0 Å². The molecule has 0 aromatic carbocycles. The lowest BCUT2D eigenvalue weighted by Gasteiger charge is -2.13. The fraction of sp³-hybridized carbons (Fsp3) is 0.571. The van der Waals surface area contributed by atoms with Crippen LogP contribution in [0.1, 0.15) is 29.7 Å². The second kappa shape index (κ2) is 4.34. The highest BCUT2D eigenvalue weighted by atomic mass is 32.1. The molecule has 0 spiro atoms. The maximum absolute atomic E-state index is 3.66. The SMILES string of the molecule is Cc1ccsc1/C=C/C1NCC2CCCC21. The molecule has 1 aliphatic carbocycles. The van der Waals surface area contributed by atoms with E-state index in [9.17, 15) is 0 Å². The molecule has 86 valence electrons. The summed E-state index contributed by atoms with van der Waals surface area (Å²) in [4.78, 5) is 1.42. The summed E-state index contributed by atoms with van der Waals surface area (Å²) < 4.78 is 0. The molecular weight excluding hydrogens is 214 g/mol. The van der Waals surface area contributed by atoms with E-state index in [1.54, 1.807) is 0 Å².